The number of rotatable bonds is 12. The van der Waals surface area contributed by atoms with Gasteiger partial charge in [-0.3, -0.25) is 0 Å². The van der Waals surface area contributed by atoms with Gasteiger partial charge in [0.2, 0.25) is 0 Å². The lowest BCUT2D eigenvalue weighted by atomic mass is 10.5. The molecule has 28 heavy (non-hydrogen) atoms. The molecule has 0 aromatic carbocycles. The van der Waals surface area contributed by atoms with Crippen molar-refractivity contribution in [1.29, 1.82) is 0 Å². The minimum absolute atomic E-state index is 0.963. The Hall–Kier alpha value is 0.881. The second-order valence-electron chi connectivity index (χ2n) is 11.9. The van der Waals surface area contributed by atoms with Gasteiger partial charge in [0.05, 0.1) is 0 Å². The summed E-state index contributed by atoms with van der Waals surface area (Å²) >= 11 is 0. The maximum Gasteiger partial charge on any atom is 0.340 e. The van der Waals surface area contributed by atoms with Crippen LogP contribution in [-0.2, 0) is 16.5 Å². The summed E-state index contributed by atoms with van der Waals surface area (Å²) in [4.78, 5) is 0. The van der Waals surface area contributed by atoms with Crippen LogP contribution in [0, 0.1) is 0 Å². The molecule has 0 unspecified atom stereocenters. The van der Waals surface area contributed by atoms with Gasteiger partial charge in [0, 0.05) is 0 Å². The zero-order valence-electron chi connectivity index (χ0n) is 21.2. The average molecular weight is 497 g/mol. The van der Waals surface area contributed by atoms with Gasteiger partial charge in [0.25, 0.3) is 0 Å². The molecule has 4 nitrogen and oxygen atoms in total. The van der Waals surface area contributed by atoms with Crippen LogP contribution in [0.25, 0.3) is 0 Å². The minimum Gasteiger partial charge on any atom is -0.437 e. The summed E-state index contributed by atoms with van der Waals surface area (Å²) in [7, 11) is -11.1. The van der Waals surface area contributed by atoms with E-state index in [2.05, 4.69) is 103 Å². The molecule has 0 radical (unpaired) electrons. The number of hydrogen-bond acceptors (Lipinski definition) is 4. The molecule has 0 aromatic heterocycles. The Labute approximate surface area is 182 Å². The van der Waals surface area contributed by atoms with Gasteiger partial charge in [0.15, 0.2) is 33.3 Å². The highest BCUT2D eigenvalue weighted by atomic mass is 28.5. The van der Waals surface area contributed by atoms with Crippen molar-refractivity contribution < 1.29 is 16.5 Å². The number of hydrogen-bond donors (Lipinski definition) is 0. The zero-order valence-corrected chi connectivity index (χ0v) is 27.2. The highest BCUT2D eigenvalue weighted by Crippen LogP contribution is 2.27. The van der Waals surface area contributed by atoms with Crippen molar-refractivity contribution >= 4 is 50.4 Å². The van der Waals surface area contributed by atoms with Gasteiger partial charge in [-0.05, 0) is 110 Å². The molecule has 10 heteroatoms. The van der Waals surface area contributed by atoms with Gasteiger partial charge < -0.3 is 16.5 Å². The third-order valence-electron chi connectivity index (χ3n) is 3.25. The van der Waals surface area contributed by atoms with Crippen molar-refractivity contribution in [1.82, 2.24) is 0 Å². The first-order valence-electron chi connectivity index (χ1n) is 10.5. The van der Waals surface area contributed by atoms with Crippen LogP contribution in [0.1, 0.15) is 6.42 Å². The summed E-state index contributed by atoms with van der Waals surface area (Å²) in [6.07, 6.45) is 3.24. The first-order valence-corrected chi connectivity index (χ1v) is 29.1. The van der Waals surface area contributed by atoms with E-state index in [0.717, 1.165) is 12.5 Å². The van der Waals surface area contributed by atoms with E-state index < -0.39 is 50.4 Å². The van der Waals surface area contributed by atoms with Crippen LogP contribution in [0.4, 0.5) is 0 Å². The topological polar surface area (TPSA) is 36.9 Å². The van der Waals surface area contributed by atoms with Crippen LogP contribution in [0.5, 0.6) is 0 Å². The zero-order chi connectivity index (χ0) is 22.7. The SMILES string of the molecule is C[Si](C)(C)O[Si](C)(/C=C/CC[Si](C)(O[Si](C)(C)C)O[Si](C)(C)C)O[Si](C)(C)C. The van der Waals surface area contributed by atoms with Gasteiger partial charge in [0.1, 0.15) is 0 Å². The molecule has 0 bridgehead atoms. The van der Waals surface area contributed by atoms with Crippen molar-refractivity contribution in [2.45, 2.75) is 104 Å². The highest BCUT2D eigenvalue weighted by Gasteiger charge is 2.40. The molecule has 168 valence electrons. The first-order chi connectivity index (χ1) is 12.0. The Kier molecular flexibility index (Phi) is 10.3. The molecular weight excluding hydrogens is 449 g/mol. The first kappa shape index (κ1) is 28.9. The quantitative estimate of drug-likeness (QED) is 0.272. The predicted molar refractivity (Wildman–Crippen MR) is 140 cm³/mol. The van der Waals surface area contributed by atoms with Gasteiger partial charge in [-0.2, -0.15) is 0 Å². The van der Waals surface area contributed by atoms with Crippen molar-refractivity contribution in [3.8, 4) is 0 Å². The minimum atomic E-state index is -2.32. The van der Waals surface area contributed by atoms with Crippen molar-refractivity contribution in [2.75, 3.05) is 0 Å². The summed E-state index contributed by atoms with van der Waals surface area (Å²) in [6, 6.07) is 0.989. The molecule has 0 rings (SSSR count). The van der Waals surface area contributed by atoms with Crippen molar-refractivity contribution in [2.24, 2.45) is 0 Å². The second-order valence-corrected chi connectivity index (χ2v) is 37.2. The Morgan fingerprint density at radius 1 is 0.500 bits per heavy atom. The van der Waals surface area contributed by atoms with Gasteiger partial charge in [-0.25, -0.2) is 0 Å². The van der Waals surface area contributed by atoms with E-state index >= 15 is 0 Å². The highest BCUT2D eigenvalue weighted by molar-refractivity contribution is 6.90. The third kappa shape index (κ3) is 15.7. The fourth-order valence-corrected chi connectivity index (χ4v) is 27.2. The largest absolute Gasteiger partial charge is 0.437 e. The Morgan fingerprint density at radius 3 is 1.11 bits per heavy atom. The summed E-state index contributed by atoms with van der Waals surface area (Å²) in [6.45, 7) is 31.5. The standard InChI is InChI=1S/C18H48O4Si6/c1-23(2,3)19-27(13,20-24(4,5)6)17-15-16-18-28(14,21-25(7,8)9)22-26(10,11)12/h15,17H,16,18H2,1-14H3/b17-15+. The molecule has 0 N–H and O–H groups in total. The second kappa shape index (κ2) is 10.0. The van der Waals surface area contributed by atoms with Crippen LogP contribution in [0.2, 0.25) is 97.7 Å². The molecule has 0 spiro atoms. The summed E-state index contributed by atoms with van der Waals surface area (Å²) in [5, 5.41) is 0. The van der Waals surface area contributed by atoms with Crippen LogP contribution < -0.4 is 0 Å². The monoisotopic (exact) mass is 496 g/mol. The van der Waals surface area contributed by atoms with Gasteiger partial charge in [-0.1, -0.05) is 6.08 Å². The average Bonchev–Trinajstić information content (AvgIpc) is 2.24. The maximum absolute atomic E-state index is 6.61. The molecule has 0 amide bonds. The maximum atomic E-state index is 6.61. The molecule has 0 aliphatic heterocycles. The Balaban J connectivity index is 5.30. The normalized spacial score (nSPS) is 15.5. The Morgan fingerprint density at radius 2 is 0.821 bits per heavy atom. The fourth-order valence-electron chi connectivity index (χ4n) is 3.37. The smallest absolute Gasteiger partial charge is 0.340 e. The van der Waals surface area contributed by atoms with Crippen LogP contribution in [0.3, 0.4) is 0 Å². The molecule has 0 heterocycles. The van der Waals surface area contributed by atoms with Gasteiger partial charge >= 0.3 is 17.1 Å². The molecule has 0 saturated carbocycles. The fraction of sp³-hybridized carbons (Fsp3) is 0.889. The third-order valence-corrected chi connectivity index (χ3v) is 21.8. The van der Waals surface area contributed by atoms with Crippen molar-refractivity contribution in [3.63, 3.8) is 0 Å². The van der Waals surface area contributed by atoms with E-state index in [4.69, 9.17) is 16.5 Å². The van der Waals surface area contributed by atoms with E-state index in [1.807, 2.05) is 0 Å². The van der Waals surface area contributed by atoms with Crippen LogP contribution >= 0.6 is 0 Å². The Bertz CT molecular complexity index is 480. The lowest BCUT2D eigenvalue weighted by Crippen LogP contribution is -2.52. The van der Waals surface area contributed by atoms with E-state index in [9.17, 15) is 0 Å². The molecule has 0 atom stereocenters. The van der Waals surface area contributed by atoms with Crippen LogP contribution in [-0.4, -0.2) is 50.4 Å². The van der Waals surface area contributed by atoms with Gasteiger partial charge in [-0.15, -0.1) is 0 Å². The van der Waals surface area contributed by atoms with Crippen molar-refractivity contribution in [3.05, 3.63) is 11.8 Å². The molecule has 0 aliphatic carbocycles. The van der Waals surface area contributed by atoms with Crippen LogP contribution in [0.15, 0.2) is 11.8 Å². The molecular formula is C18H48O4Si6. The summed E-state index contributed by atoms with van der Waals surface area (Å²) in [5.74, 6) is 0. The lowest BCUT2D eigenvalue weighted by molar-refractivity contribution is 0.383. The van der Waals surface area contributed by atoms with E-state index in [-0.39, 0.29) is 0 Å². The van der Waals surface area contributed by atoms with E-state index in [0.29, 0.717) is 0 Å². The molecule has 0 saturated heterocycles. The predicted octanol–water partition coefficient (Wildman–Crippen LogP) is 7.02. The summed E-state index contributed by atoms with van der Waals surface area (Å²) < 4.78 is 26.3. The van der Waals surface area contributed by atoms with E-state index in [1.165, 1.54) is 0 Å². The molecule has 0 fully saturated rings. The molecule has 0 aliphatic rings. The lowest BCUT2D eigenvalue weighted by Gasteiger charge is -2.38. The summed E-state index contributed by atoms with van der Waals surface area (Å²) in [5.41, 5.74) is 2.27. The number of allylic oxidation sites excluding steroid dienone is 1. The van der Waals surface area contributed by atoms with E-state index in [1.54, 1.807) is 0 Å². The molecule has 0 aromatic rings.